The Balaban J connectivity index is 2.50. The maximum Gasteiger partial charge on any atom is 0.411 e. The largest absolute Gasteiger partial charge is 0.444 e. The third kappa shape index (κ3) is 3.39. The second kappa shape index (κ2) is 5.79. The minimum atomic E-state index is -0.907. The van der Waals surface area contributed by atoms with Gasteiger partial charge in [0.1, 0.15) is 11.6 Å². The number of ketones is 1. The summed E-state index contributed by atoms with van der Waals surface area (Å²) in [6.45, 7) is 12.8. The predicted molar refractivity (Wildman–Crippen MR) is 90.1 cm³/mol. The van der Waals surface area contributed by atoms with Crippen LogP contribution in [0.1, 0.15) is 65.8 Å². The van der Waals surface area contributed by atoms with Crippen LogP contribution in [0.4, 0.5) is 4.79 Å². The average molecular weight is 337 g/mol. The summed E-state index contributed by atoms with van der Waals surface area (Å²) in [5.74, 6) is -0.251. The van der Waals surface area contributed by atoms with E-state index in [-0.39, 0.29) is 11.3 Å². The zero-order chi connectivity index (χ0) is 18.4. The normalized spacial score (nSPS) is 18.3. The van der Waals surface area contributed by atoms with E-state index >= 15 is 0 Å². The fourth-order valence-corrected chi connectivity index (χ4v) is 2.90. The number of aromatic amines is 1. The molecule has 2 rings (SSSR count). The highest BCUT2D eigenvalue weighted by Crippen LogP contribution is 2.30. The molecule has 0 saturated carbocycles. The molecule has 1 atom stereocenters. The fourth-order valence-electron chi connectivity index (χ4n) is 2.90. The lowest BCUT2D eigenvalue weighted by Crippen LogP contribution is -2.47. The molecule has 2 heterocycles. The number of nitrogens with zero attached hydrogens (tertiary/aromatic N) is 2. The Kier molecular flexibility index (Phi) is 4.41. The second-order valence-electron chi connectivity index (χ2n) is 8.25. The van der Waals surface area contributed by atoms with Gasteiger partial charge in [-0.1, -0.05) is 0 Å². The van der Waals surface area contributed by atoms with Crippen molar-refractivity contribution in [1.29, 1.82) is 0 Å². The summed E-state index contributed by atoms with van der Waals surface area (Å²) in [6.07, 6.45) is -0.0901. The first kappa shape index (κ1) is 18.3. The minimum absolute atomic E-state index is 0.251. The minimum Gasteiger partial charge on any atom is -0.444 e. The highest BCUT2D eigenvalue weighted by molar-refractivity contribution is 5.87. The summed E-state index contributed by atoms with van der Waals surface area (Å²) < 4.78 is 6.92. The molecular formula is C17H27N3O4. The summed E-state index contributed by atoms with van der Waals surface area (Å²) in [5, 5.41) is 3.11. The van der Waals surface area contributed by atoms with Crippen LogP contribution in [0, 0.1) is 0 Å². The van der Waals surface area contributed by atoms with Crippen LogP contribution in [0.15, 0.2) is 4.79 Å². The highest BCUT2D eigenvalue weighted by Gasteiger charge is 2.40. The van der Waals surface area contributed by atoms with Gasteiger partial charge in [0.25, 0.3) is 5.56 Å². The lowest BCUT2D eigenvalue weighted by atomic mass is 9.96. The number of nitrogens with one attached hydrogen (secondary N) is 1. The van der Waals surface area contributed by atoms with Gasteiger partial charge in [0, 0.05) is 18.7 Å². The SMILES string of the molecule is CC(=O)C1c2c([nH]n(C(C)(C)C)c2=O)CCN1C(=O)OC(C)(C)C. The van der Waals surface area contributed by atoms with Gasteiger partial charge < -0.3 is 4.74 Å². The van der Waals surface area contributed by atoms with Crippen molar-refractivity contribution < 1.29 is 14.3 Å². The molecule has 1 unspecified atom stereocenters. The van der Waals surface area contributed by atoms with E-state index in [1.165, 1.54) is 16.5 Å². The van der Waals surface area contributed by atoms with Gasteiger partial charge in [0.15, 0.2) is 5.78 Å². The van der Waals surface area contributed by atoms with Crippen LogP contribution in [0.3, 0.4) is 0 Å². The highest BCUT2D eigenvalue weighted by atomic mass is 16.6. The van der Waals surface area contributed by atoms with Crippen molar-refractivity contribution in [1.82, 2.24) is 14.7 Å². The quantitative estimate of drug-likeness (QED) is 0.852. The fraction of sp³-hybridized carbons (Fsp3) is 0.706. The molecule has 1 aromatic rings. The van der Waals surface area contributed by atoms with Crippen molar-refractivity contribution in [2.75, 3.05) is 6.54 Å². The van der Waals surface area contributed by atoms with Crippen molar-refractivity contribution in [2.24, 2.45) is 0 Å². The van der Waals surface area contributed by atoms with Gasteiger partial charge in [-0.25, -0.2) is 9.48 Å². The van der Waals surface area contributed by atoms with E-state index < -0.39 is 23.3 Å². The van der Waals surface area contributed by atoms with Gasteiger partial charge in [-0.2, -0.15) is 0 Å². The van der Waals surface area contributed by atoms with Crippen LogP contribution >= 0.6 is 0 Å². The average Bonchev–Trinajstić information content (AvgIpc) is 2.73. The molecule has 1 aromatic heterocycles. The van der Waals surface area contributed by atoms with Crippen molar-refractivity contribution >= 4 is 11.9 Å². The standard InChI is InChI=1S/C17H27N3O4/c1-10(21)13-12-11(18-20(14(12)22)16(2,3)4)8-9-19(13)15(23)24-17(5,6)7/h13,18H,8-9H2,1-7H3. The molecule has 0 radical (unpaired) electrons. The predicted octanol–water partition coefficient (Wildman–Crippen LogP) is 2.35. The molecule has 0 bridgehead atoms. The Bertz CT molecular complexity index is 716. The van der Waals surface area contributed by atoms with Gasteiger partial charge in [-0.15, -0.1) is 0 Å². The van der Waals surface area contributed by atoms with Crippen LogP contribution < -0.4 is 5.56 Å². The van der Waals surface area contributed by atoms with Gasteiger partial charge in [0.2, 0.25) is 0 Å². The number of ether oxygens (including phenoxy) is 1. The molecule has 24 heavy (non-hydrogen) atoms. The summed E-state index contributed by atoms with van der Waals surface area (Å²) >= 11 is 0. The number of Topliss-reactive ketones (excluding diaryl/α,β-unsaturated/α-hetero) is 1. The van der Waals surface area contributed by atoms with E-state index in [0.717, 1.165) is 5.69 Å². The number of carbonyl (C=O) groups excluding carboxylic acids is 2. The first-order valence-corrected chi connectivity index (χ1v) is 8.17. The Labute approximate surface area is 141 Å². The number of fused-ring (bicyclic) bond motifs is 1. The van der Waals surface area contributed by atoms with E-state index in [2.05, 4.69) is 5.10 Å². The Morgan fingerprint density at radius 1 is 1.17 bits per heavy atom. The maximum absolute atomic E-state index is 12.8. The molecular weight excluding hydrogens is 310 g/mol. The van der Waals surface area contributed by atoms with Crippen molar-refractivity contribution in [3.63, 3.8) is 0 Å². The molecule has 1 N–H and O–H groups in total. The lowest BCUT2D eigenvalue weighted by molar-refractivity contribution is -0.122. The van der Waals surface area contributed by atoms with E-state index in [9.17, 15) is 14.4 Å². The number of H-pyrrole nitrogens is 1. The molecule has 1 aliphatic heterocycles. The zero-order valence-electron chi connectivity index (χ0n) is 15.5. The van der Waals surface area contributed by atoms with Crippen LogP contribution in [0.25, 0.3) is 0 Å². The number of hydrogen-bond donors (Lipinski definition) is 1. The van der Waals surface area contributed by atoms with Crippen molar-refractivity contribution in [3.05, 3.63) is 21.6 Å². The Morgan fingerprint density at radius 3 is 2.21 bits per heavy atom. The topological polar surface area (TPSA) is 84.4 Å². The van der Waals surface area contributed by atoms with E-state index in [0.29, 0.717) is 18.5 Å². The van der Waals surface area contributed by atoms with Crippen LogP contribution in [-0.2, 0) is 21.5 Å². The molecule has 1 amide bonds. The summed E-state index contributed by atoms with van der Waals surface area (Å²) in [4.78, 5) is 38.9. The molecule has 7 nitrogen and oxygen atoms in total. The molecule has 0 saturated heterocycles. The molecule has 1 aliphatic rings. The van der Waals surface area contributed by atoms with Gasteiger partial charge in [-0.3, -0.25) is 19.6 Å². The van der Waals surface area contributed by atoms with Crippen molar-refractivity contribution in [2.45, 2.75) is 72.1 Å². The number of hydrogen-bond acceptors (Lipinski definition) is 4. The molecule has 0 aliphatic carbocycles. The van der Waals surface area contributed by atoms with E-state index in [4.69, 9.17) is 4.74 Å². The summed E-state index contributed by atoms with van der Waals surface area (Å²) in [7, 11) is 0. The third-order valence-electron chi connectivity index (χ3n) is 3.88. The van der Waals surface area contributed by atoms with E-state index in [1.807, 2.05) is 20.8 Å². The van der Waals surface area contributed by atoms with Crippen LogP contribution in [-0.4, -0.2) is 38.7 Å². The molecule has 134 valence electrons. The van der Waals surface area contributed by atoms with E-state index in [1.54, 1.807) is 20.8 Å². The van der Waals surface area contributed by atoms with Gasteiger partial charge >= 0.3 is 6.09 Å². The van der Waals surface area contributed by atoms with Crippen LogP contribution in [0.5, 0.6) is 0 Å². The summed E-state index contributed by atoms with van der Waals surface area (Å²) in [5.41, 5.74) is -0.287. The van der Waals surface area contributed by atoms with Crippen molar-refractivity contribution in [3.8, 4) is 0 Å². The molecule has 0 aromatic carbocycles. The second-order valence-corrected chi connectivity index (χ2v) is 8.25. The lowest BCUT2D eigenvalue weighted by Gasteiger charge is -2.34. The number of aromatic nitrogens is 2. The molecule has 0 spiro atoms. The number of carbonyl (C=O) groups is 2. The smallest absolute Gasteiger partial charge is 0.411 e. The maximum atomic E-state index is 12.8. The Hall–Kier alpha value is -2.05. The van der Waals surface area contributed by atoms with Crippen LogP contribution in [0.2, 0.25) is 0 Å². The molecule has 7 heteroatoms. The third-order valence-corrected chi connectivity index (χ3v) is 3.88. The number of amides is 1. The number of rotatable bonds is 1. The zero-order valence-corrected chi connectivity index (χ0v) is 15.5. The summed E-state index contributed by atoms with van der Waals surface area (Å²) in [6, 6.07) is -0.907. The van der Waals surface area contributed by atoms with Gasteiger partial charge in [-0.05, 0) is 48.5 Å². The first-order valence-electron chi connectivity index (χ1n) is 8.17. The van der Waals surface area contributed by atoms with Gasteiger partial charge in [0.05, 0.1) is 11.1 Å². The first-order chi connectivity index (χ1) is 10.8. The Morgan fingerprint density at radius 2 is 1.75 bits per heavy atom. The molecule has 0 fully saturated rings. The monoisotopic (exact) mass is 337 g/mol.